The van der Waals surface area contributed by atoms with Crippen molar-refractivity contribution in [1.82, 2.24) is 20.4 Å². The zero-order chi connectivity index (χ0) is 15.5. The van der Waals surface area contributed by atoms with Gasteiger partial charge in [0, 0.05) is 32.9 Å². The van der Waals surface area contributed by atoms with Crippen LogP contribution in [0.5, 0.6) is 0 Å². The van der Waals surface area contributed by atoms with Gasteiger partial charge in [0.15, 0.2) is 5.96 Å². The number of hydrogen-bond donors (Lipinski definition) is 3. The van der Waals surface area contributed by atoms with Crippen LogP contribution in [0.1, 0.15) is 38.8 Å². The Morgan fingerprint density at radius 3 is 2.68 bits per heavy atom. The number of guanidine groups is 1. The van der Waals surface area contributed by atoms with E-state index in [1.807, 2.05) is 17.8 Å². The molecule has 0 saturated carbocycles. The molecule has 0 spiro atoms. The summed E-state index contributed by atoms with van der Waals surface area (Å²) in [5.74, 6) is 1.30. The summed E-state index contributed by atoms with van der Waals surface area (Å²) in [6.07, 6.45) is 4.87. The summed E-state index contributed by atoms with van der Waals surface area (Å²) < 4.78 is 1.83. The highest BCUT2D eigenvalue weighted by molar-refractivity contribution is 14.0. The minimum atomic E-state index is 0. The van der Waals surface area contributed by atoms with Crippen LogP contribution in [0.3, 0.4) is 0 Å². The molecule has 0 aliphatic heterocycles. The molecule has 0 aromatic carbocycles. The van der Waals surface area contributed by atoms with Crippen molar-refractivity contribution in [2.24, 2.45) is 18.0 Å². The average Bonchev–Trinajstić information content (AvgIpc) is 2.87. The largest absolute Gasteiger partial charge is 0.396 e. The summed E-state index contributed by atoms with van der Waals surface area (Å²) in [5.41, 5.74) is 1.08. The van der Waals surface area contributed by atoms with Crippen molar-refractivity contribution in [3.63, 3.8) is 0 Å². The molecule has 1 unspecified atom stereocenters. The van der Waals surface area contributed by atoms with Gasteiger partial charge >= 0.3 is 0 Å². The molecule has 1 aromatic rings. The standard InChI is InChI=1S/C15H29N5O.HI/c1-4-6-13(8-10-21)11-17-15(16-5-2)18-12-14-7-9-19-20(14)3;/h7,9,13,21H,4-6,8,10-12H2,1-3H3,(H2,16,17,18);1H. The number of hydrogen-bond acceptors (Lipinski definition) is 3. The third-order valence-corrected chi connectivity index (χ3v) is 3.46. The first-order valence-electron chi connectivity index (χ1n) is 7.81. The van der Waals surface area contributed by atoms with Crippen LogP contribution in [0.15, 0.2) is 17.3 Å². The number of halogens is 1. The molecule has 7 heteroatoms. The molecule has 22 heavy (non-hydrogen) atoms. The maximum atomic E-state index is 9.11. The van der Waals surface area contributed by atoms with Gasteiger partial charge in [0.05, 0.1) is 12.2 Å². The Bertz CT molecular complexity index is 416. The lowest BCUT2D eigenvalue weighted by molar-refractivity contribution is 0.251. The number of aliphatic hydroxyl groups excluding tert-OH is 1. The molecule has 128 valence electrons. The highest BCUT2D eigenvalue weighted by atomic mass is 127. The van der Waals surface area contributed by atoms with Crippen molar-refractivity contribution in [1.29, 1.82) is 0 Å². The molecule has 0 bridgehead atoms. The summed E-state index contributed by atoms with van der Waals surface area (Å²) >= 11 is 0. The van der Waals surface area contributed by atoms with E-state index >= 15 is 0 Å². The van der Waals surface area contributed by atoms with Gasteiger partial charge < -0.3 is 15.7 Å². The fraction of sp³-hybridized carbons (Fsp3) is 0.733. The van der Waals surface area contributed by atoms with Crippen molar-refractivity contribution in [2.75, 3.05) is 19.7 Å². The Morgan fingerprint density at radius 2 is 2.14 bits per heavy atom. The molecule has 0 radical (unpaired) electrons. The summed E-state index contributed by atoms with van der Waals surface area (Å²) in [6, 6.07) is 1.97. The zero-order valence-corrected chi connectivity index (χ0v) is 16.2. The Hall–Kier alpha value is -0.830. The van der Waals surface area contributed by atoms with Gasteiger partial charge in [0.25, 0.3) is 0 Å². The third-order valence-electron chi connectivity index (χ3n) is 3.46. The van der Waals surface area contributed by atoms with Gasteiger partial charge in [-0.15, -0.1) is 24.0 Å². The second-order valence-electron chi connectivity index (χ2n) is 5.19. The lowest BCUT2D eigenvalue weighted by atomic mass is 10.0. The molecule has 0 amide bonds. The maximum Gasteiger partial charge on any atom is 0.191 e. The van der Waals surface area contributed by atoms with E-state index in [0.717, 1.165) is 44.0 Å². The van der Waals surface area contributed by atoms with E-state index in [9.17, 15) is 0 Å². The number of aromatic nitrogens is 2. The van der Waals surface area contributed by atoms with Gasteiger partial charge in [-0.05, 0) is 31.7 Å². The highest BCUT2D eigenvalue weighted by Gasteiger charge is 2.08. The van der Waals surface area contributed by atoms with Crippen LogP contribution < -0.4 is 10.6 Å². The van der Waals surface area contributed by atoms with E-state index in [2.05, 4.69) is 34.6 Å². The molecular weight excluding hydrogens is 393 g/mol. The van der Waals surface area contributed by atoms with E-state index in [0.29, 0.717) is 12.5 Å². The number of nitrogens with one attached hydrogen (secondary N) is 2. The van der Waals surface area contributed by atoms with Crippen molar-refractivity contribution in [3.8, 4) is 0 Å². The summed E-state index contributed by atoms with van der Waals surface area (Å²) in [5, 5.41) is 19.9. The van der Waals surface area contributed by atoms with Crippen LogP contribution >= 0.6 is 24.0 Å². The normalized spacial score (nSPS) is 12.6. The quantitative estimate of drug-likeness (QED) is 0.322. The van der Waals surface area contributed by atoms with Gasteiger partial charge in [0.2, 0.25) is 0 Å². The van der Waals surface area contributed by atoms with Crippen molar-refractivity contribution in [2.45, 2.75) is 39.7 Å². The Balaban J connectivity index is 0.00000441. The first-order valence-corrected chi connectivity index (χ1v) is 7.81. The van der Waals surface area contributed by atoms with Crippen LogP contribution in [0.4, 0.5) is 0 Å². The van der Waals surface area contributed by atoms with Gasteiger partial charge in [-0.2, -0.15) is 5.10 Å². The van der Waals surface area contributed by atoms with E-state index < -0.39 is 0 Å². The molecule has 0 aliphatic carbocycles. The Labute approximate surface area is 150 Å². The fourth-order valence-corrected chi connectivity index (χ4v) is 2.24. The molecule has 1 rings (SSSR count). The number of aliphatic hydroxyl groups is 1. The number of aliphatic imine (C=N–C) groups is 1. The molecule has 6 nitrogen and oxygen atoms in total. The molecule has 0 aliphatic rings. The highest BCUT2D eigenvalue weighted by Crippen LogP contribution is 2.09. The topological polar surface area (TPSA) is 74.5 Å². The van der Waals surface area contributed by atoms with E-state index in [1.165, 1.54) is 0 Å². The van der Waals surface area contributed by atoms with E-state index in [1.54, 1.807) is 6.20 Å². The minimum Gasteiger partial charge on any atom is -0.396 e. The van der Waals surface area contributed by atoms with Crippen molar-refractivity contribution in [3.05, 3.63) is 18.0 Å². The van der Waals surface area contributed by atoms with E-state index in [-0.39, 0.29) is 30.6 Å². The van der Waals surface area contributed by atoms with E-state index in [4.69, 9.17) is 5.11 Å². The first-order chi connectivity index (χ1) is 10.2. The van der Waals surface area contributed by atoms with Gasteiger partial charge in [-0.3, -0.25) is 4.68 Å². The predicted molar refractivity (Wildman–Crippen MR) is 102 cm³/mol. The van der Waals surface area contributed by atoms with Crippen LogP contribution in [0.25, 0.3) is 0 Å². The van der Waals surface area contributed by atoms with Crippen molar-refractivity contribution < 1.29 is 5.11 Å². The monoisotopic (exact) mass is 423 g/mol. The van der Waals surface area contributed by atoms with Gasteiger partial charge in [-0.25, -0.2) is 4.99 Å². The lowest BCUT2D eigenvalue weighted by Gasteiger charge is -2.18. The average molecular weight is 423 g/mol. The third kappa shape index (κ3) is 7.98. The van der Waals surface area contributed by atoms with Crippen LogP contribution in [0, 0.1) is 5.92 Å². The van der Waals surface area contributed by atoms with Crippen molar-refractivity contribution >= 4 is 29.9 Å². The van der Waals surface area contributed by atoms with Crippen LogP contribution in [0.2, 0.25) is 0 Å². The molecule has 0 saturated heterocycles. The second kappa shape index (κ2) is 12.7. The summed E-state index contributed by atoms with van der Waals surface area (Å²) in [6.45, 7) is 6.74. The molecule has 1 aromatic heterocycles. The maximum absolute atomic E-state index is 9.11. The van der Waals surface area contributed by atoms with Crippen LogP contribution in [-0.4, -0.2) is 40.5 Å². The van der Waals surface area contributed by atoms with Gasteiger partial charge in [0.1, 0.15) is 0 Å². The zero-order valence-electron chi connectivity index (χ0n) is 13.9. The van der Waals surface area contributed by atoms with Gasteiger partial charge in [-0.1, -0.05) is 13.3 Å². The number of aryl methyl sites for hydroxylation is 1. The summed E-state index contributed by atoms with van der Waals surface area (Å²) in [4.78, 5) is 4.58. The first kappa shape index (κ1) is 21.2. The summed E-state index contributed by atoms with van der Waals surface area (Å²) in [7, 11) is 1.92. The smallest absolute Gasteiger partial charge is 0.191 e. The Kier molecular flexibility index (Phi) is 12.2. The molecule has 1 atom stereocenters. The Morgan fingerprint density at radius 1 is 1.36 bits per heavy atom. The fourth-order valence-electron chi connectivity index (χ4n) is 2.24. The number of nitrogens with zero attached hydrogens (tertiary/aromatic N) is 3. The molecular formula is C15H30IN5O. The second-order valence-corrected chi connectivity index (χ2v) is 5.19. The molecule has 0 fully saturated rings. The SMILES string of the molecule is CCCC(CCO)CNC(=NCc1ccnn1C)NCC.I. The van der Waals surface area contributed by atoms with Crippen LogP contribution in [-0.2, 0) is 13.6 Å². The molecule has 1 heterocycles. The number of rotatable bonds is 9. The predicted octanol–water partition coefficient (Wildman–Crippen LogP) is 1.89. The lowest BCUT2D eigenvalue weighted by Crippen LogP contribution is -2.40. The molecule has 3 N–H and O–H groups in total. The minimum absolute atomic E-state index is 0.